The van der Waals surface area contributed by atoms with E-state index in [0.29, 0.717) is 80.5 Å². The van der Waals surface area contributed by atoms with Gasteiger partial charge in [0.25, 0.3) is 23.6 Å². The zero-order chi connectivity index (χ0) is 53.5. The molecule has 74 heavy (non-hydrogen) atoms. The summed E-state index contributed by atoms with van der Waals surface area (Å²) < 4.78 is 22.8. The van der Waals surface area contributed by atoms with Gasteiger partial charge in [0.15, 0.2) is 18.1 Å². The zero-order valence-corrected chi connectivity index (χ0v) is 42.6. The molecule has 0 saturated carbocycles. The Bertz CT molecular complexity index is 2630. The van der Waals surface area contributed by atoms with E-state index in [9.17, 15) is 47.9 Å². The highest BCUT2D eigenvalue weighted by molar-refractivity contribution is 6.38. The molecule has 3 aliphatic rings. The van der Waals surface area contributed by atoms with Crippen molar-refractivity contribution in [3.05, 3.63) is 82.9 Å². The summed E-state index contributed by atoms with van der Waals surface area (Å²) in [7, 11) is 3.08. The molecule has 396 valence electrons. The van der Waals surface area contributed by atoms with Gasteiger partial charge in [0.2, 0.25) is 29.4 Å². The topological polar surface area (TPSA) is 262 Å². The van der Waals surface area contributed by atoms with Gasteiger partial charge in [0.1, 0.15) is 23.9 Å². The fraction of sp³-hybridized carbons (Fsp3) is 0.481. The van der Waals surface area contributed by atoms with Crippen molar-refractivity contribution >= 4 is 64.7 Å². The van der Waals surface area contributed by atoms with E-state index in [2.05, 4.69) is 21.3 Å². The van der Waals surface area contributed by atoms with Crippen molar-refractivity contribution in [1.82, 2.24) is 25.8 Å². The van der Waals surface area contributed by atoms with Crippen molar-refractivity contribution in [3.8, 4) is 17.2 Å². The Labute approximate surface area is 429 Å². The van der Waals surface area contributed by atoms with Crippen LogP contribution in [0.3, 0.4) is 0 Å². The molecule has 6 rings (SSSR count). The number of nitrogens with zero attached hydrogens (tertiary/aromatic N) is 2. The van der Waals surface area contributed by atoms with E-state index >= 15 is 0 Å². The van der Waals surface area contributed by atoms with Crippen LogP contribution in [-0.2, 0) is 49.5 Å². The molecule has 4 N–H and O–H groups in total. The molecule has 8 amide bonds. The first-order chi connectivity index (χ1) is 35.5. The van der Waals surface area contributed by atoms with Gasteiger partial charge in [-0.2, -0.15) is 0 Å². The molecule has 3 aromatic rings. The van der Waals surface area contributed by atoms with Crippen LogP contribution in [-0.4, -0.2) is 121 Å². The predicted octanol–water partition coefficient (Wildman–Crippen LogP) is 4.91. The number of esters is 1. The summed E-state index contributed by atoms with van der Waals surface area (Å²) in [4.78, 5) is 132. The second-order valence-electron chi connectivity index (χ2n) is 19.1. The first-order valence-corrected chi connectivity index (χ1v) is 25.1. The molecule has 0 spiro atoms. The van der Waals surface area contributed by atoms with Gasteiger partial charge in [0.05, 0.1) is 25.3 Å². The molecule has 20 heteroatoms. The normalized spacial score (nSPS) is 17.0. The Morgan fingerprint density at radius 1 is 0.784 bits per heavy atom. The minimum Gasteiger partial charge on any atom is -0.493 e. The summed E-state index contributed by atoms with van der Waals surface area (Å²) in [6.07, 6.45) is 3.42. The van der Waals surface area contributed by atoms with Crippen LogP contribution in [0.25, 0.3) is 0 Å². The number of benzene rings is 3. The molecule has 3 aliphatic heterocycles. The number of amides is 8. The lowest BCUT2D eigenvalue weighted by Gasteiger charge is -2.36. The highest BCUT2D eigenvalue weighted by Crippen LogP contribution is 2.35. The summed E-state index contributed by atoms with van der Waals surface area (Å²) >= 11 is 0. The van der Waals surface area contributed by atoms with E-state index in [1.165, 1.54) is 30.2 Å². The number of rotatable bonds is 24. The molecule has 0 aromatic heterocycles. The van der Waals surface area contributed by atoms with Crippen LogP contribution >= 0.6 is 0 Å². The average molecular weight is 1020 g/mol. The van der Waals surface area contributed by atoms with Crippen LogP contribution in [0.4, 0.5) is 5.69 Å². The second-order valence-corrected chi connectivity index (χ2v) is 19.1. The van der Waals surface area contributed by atoms with E-state index in [1.54, 1.807) is 51.3 Å². The van der Waals surface area contributed by atoms with Crippen LogP contribution in [0.2, 0.25) is 0 Å². The molecule has 20 nitrogen and oxygen atoms in total. The van der Waals surface area contributed by atoms with E-state index in [1.807, 2.05) is 19.1 Å². The lowest BCUT2D eigenvalue weighted by atomic mass is 9.84. The third-order valence-electron chi connectivity index (χ3n) is 13.5. The molecular formula is C54H66N6O14. The van der Waals surface area contributed by atoms with Gasteiger partial charge in [-0.1, -0.05) is 45.0 Å². The highest BCUT2D eigenvalue weighted by atomic mass is 16.5. The van der Waals surface area contributed by atoms with E-state index in [4.69, 9.17) is 18.9 Å². The number of imide groups is 2. The molecule has 0 aliphatic carbocycles. The molecular weight excluding hydrogens is 957 g/mol. The smallest absolute Gasteiger partial charge is 0.329 e. The number of hydrogen-bond donors (Lipinski definition) is 4. The largest absolute Gasteiger partial charge is 0.493 e. The van der Waals surface area contributed by atoms with E-state index in [0.717, 1.165) is 10.5 Å². The summed E-state index contributed by atoms with van der Waals surface area (Å²) in [5, 5.41) is 10.5. The number of methoxy groups -OCH3 is 2. The molecule has 2 unspecified atom stereocenters. The Balaban J connectivity index is 0.957. The number of ether oxygens (including phenoxy) is 4. The summed E-state index contributed by atoms with van der Waals surface area (Å²) in [5.41, 5.74) is 0.956. The number of carbonyl (C=O) groups is 10. The van der Waals surface area contributed by atoms with Gasteiger partial charge in [-0.05, 0) is 112 Å². The molecule has 0 radical (unpaired) electrons. The number of carbonyl (C=O) groups excluding carboxylic acids is 10. The number of fused-ring (bicyclic) bond motifs is 1. The number of nitrogens with one attached hydrogen (secondary N) is 4. The van der Waals surface area contributed by atoms with Gasteiger partial charge in [-0.3, -0.25) is 53.4 Å². The third-order valence-corrected chi connectivity index (χ3v) is 13.5. The summed E-state index contributed by atoms with van der Waals surface area (Å²) in [6, 6.07) is 14.7. The molecule has 2 fully saturated rings. The number of piperidine rings is 1. The van der Waals surface area contributed by atoms with Crippen molar-refractivity contribution in [2.45, 2.75) is 122 Å². The van der Waals surface area contributed by atoms with E-state index in [-0.39, 0.29) is 68.1 Å². The Morgan fingerprint density at radius 2 is 1.50 bits per heavy atom. The Morgan fingerprint density at radius 3 is 2.23 bits per heavy atom. The SMILES string of the molecule is CCC(C)(C)C(=O)C(=O)N1CCCCC1C(=O)OC(CCc1ccc(OC)c(OC)c1)c1cccc(NC(=O)CCC(=O)NCCCCNC(=O)COc2cccc3c2C(=O)N([C@H]2CCCC(=O)NC2=O)C3=O)c1. The second kappa shape index (κ2) is 25.8. The molecule has 2 saturated heterocycles. The van der Waals surface area contributed by atoms with E-state index < -0.39 is 83.3 Å². The van der Waals surface area contributed by atoms with Gasteiger partial charge in [-0.15, -0.1) is 0 Å². The fourth-order valence-corrected chi connectivity index (χ4v) is 8.89. The van der Waals surface area contributed by atoms with Gasteiger partial charge >= 0.3 is 5.97 Å². The van der Waals surface area contributed by atoms with Crippen molar-refractivity contribution in [2.24, 2.45) is 5.41 Å². The van der Waals surface area contributed by atoms with Crippen molar-refractivity contribution in [3.63, 3.8) is 0 Å². The number of likely N-dealkylation sites (tertiary alicyclic amines) is 1. The molecule has 3 atom stereocenters. The minimum atomic E-state index is -1.15. The first kappa shape index (κ1) is 55.7. The Kier molecular flexibility index (Phi) is 19.4. The summed E-state index contributed by atoms with van der Waals surface area (Å²) in [5.74, 6) is -4.68. The summed E-state index contributed by atoms with van der Waals surface area (Å²) in [6.45, 7) is 5.60. The maximum atomic E-state index is 14.1. The monoisotopic (exact) mass is 1020 g/mol. The number of hydrogen-bond acceptors (Lipinski definition) is 14. The van der Waals surface area contributed by atoms with Gasteiger partial charge < -0.3 is 39.8 Å². The lowest BCUT2D eigenvalue weighted by molar-refractivity contribution is -0.164. The van der Waals surface area contributed by atoms with Gasteiger partial charge in [0, 0.05) is 50.0 Å². The highest BCUT2D eigenvalue weighted by Gasteiger charge is 2.46. The zero-order valence-electron chi connectivity index (χ0n) is 42.6. The Hall–Kier alpha value is -7.64. The predicted molar refractivity (Wildman–Crippen MR) is 268 cm³/mol. The van der Waals surface area contributed by atoms with Crippen LogP contribution in [0.5, 0.6) is 17.2 Å². The molecule has 0 bridgehead atoms. The number of ketones is 1. The first-order valence-electron chi connectivity index (χ1n) is 25.1. The number of unbranched alkanes of at least 4 members (excludes halogenated alkanes) is 1. The fourth-order valence-electron chi connectivity index (χ4n) is 8.89. The molecule has 3 heterocycles. The van der Waals surface area contributed by atoms with Crippen molar-refractivity contribution in [2.75, 3.05) is 45.8 Å². The van der Waals surface area contributed by atoms with Gasteiger partial charge in [-0.25, -0.2) is 4.79 Å². The quantitative estimate of drug-likeness (QED) is 0.0403. The van der Waals surface area contributed by atoms with Crippen LogP contribution < -0.4 is 35.5 Å². The average Bonchev–Trinajstić information content (AvgIpc) is 3.53. The number of aryl methyl sites for hydroxylation is 1. The van der Waals surface area contributed by atoms with Crippen LogP contribution in [0.15, 0.2) is 60.7 Å². The van der Waals surface area contributed by atoms with Crippen molar-refractivity contribution in [1.29, 1.82) is 0 Å². The maximum absolute atomic E-state index is 14.1. The lowest BCUT2D eigenvalue weighted by Crippen LogP contribution is -2.53. The van der Waals surface area contributed by atoms with Crippen LogP contribution in [0, 0.1) is 5.41 Å². The minimum absolute atomic E-state index is 0.00354. The van der Waals surface area contributed by atoms with Crippen LogP contribution in [0.1, 0.15) is 136 Å². The third kappa shape index (κ3) is 14.1. The standard InChI is InChI=1S/C54H66N6O14/c1-6-54(2,3)48(65)52(69)59-29-10-7-17-38(59)53(70)74-39(23-21-33-22-24-40(71-4)42(30-33)72-5)34-14-11-15-35(31-34)57-45(63)26-25-43(61)55-27-8-9-28-56-46(64)32-73-41-19-12-16-36-47(41)51(68)60(50(36)67)37-18-13-20-44(62)58-49(37)66/h11-12,14-16,19,22,24,30-31,37-39H,6-10,13,17-18,20-21,23,25-29,32H2,1-5H3,(H,55,61)(H,56,64)(H,57,63)(H,58,62,66)/t37-,38?,39?/m0/s1. The molecule has 3 aromatic carbocycles. The number of Topliss-reactive ketones (excluding diaryl/α,β-unsaturated/α-hetero) is 1. The number of anilines is 1. The van der Waals surface area contributed by atoms with Crippen molar-refractivity contribution < 1.29 is 66.9 Å². The maximum Gasteiger partial charge on any atom is 0.329 e.